The molecule has 0 amide bonds. The van der Waals surface area contributed by atoms with E-state index in [1.807, 2.05) is 66.9 Å². The molecule has 1 aliphatic rings. The zero-order valence-corrected chi connectivity index (χ0v) is 21.1. The molecule has 0 spiro atoms. The molecule has 4 heteroatoms. The van der Waals surface area contributed by atoms with Crippen LogP contribution >= 0.6 is 11.6 Å². The van der Waals surface area contributed by atoms with Crippen molar-refractivity contribution in [2.45, 2.75) is 39.7 Å². The summed E-state index contributed by atoms with van der Waals surface area (Å²) in [7, 11) is 0. The molecule has 1 aromatic heterocycles. The lowest BCUT2D eigenvalue weighted by Gasteiger charge is -2.38. The number of piperidine rings is 1. The summed E-state index contributed by atoms with van der Waals surface area (Å²) in [6.07, 6.45) is 4.42. The lowest BCUT2D eigenvalue weighted by atomic mass is 9.95. The Morgan fingerprint density at radius 2 is 1.62 bits per heavy atom. The summed E-state index contributed by atoms with van der Waals surface area (Å²) in [4.78, 5) is 7.10. The van der Waals surface area contributed by atoms with E-state index in [0.717, 1.165) is 45.7 Å². The third-order valence-corrected chi connectivity index (χ3v) is 6.86. The molecule has 3 aromatic rings. The highest BCUT2D eigenvalue weighted by Crippen LogP contribution is 2.23. The molecule has 176 valence electrons. The fourth-order valence-corrected chi connectivity index (χ4v) is 4.44. The molecule has 0 saturated carbocycles. The number of rotatable bonds is 6. The predicted molar refractivity (Wildman–Crippen MR) is 141 cm³/mol. The van der Waals surface area contributed by atoms with Gasteiger partial charge >= 0.3 is 0 Å². The van der Waals surface area contributed by atoms with Crippen molar-refractivity contribution in [3.8, 4) is 28.7 Å². The standard InChI is InChI=1S/C30H33ClN2O/c1-22(2)30(33-18-16-23(3)17-19-33)21-34-29-14-5-24(6-15-29)4-12-28-13-9-26(20-32-28)25-7-10-27(31)11-8-25/h5-11,13-15,20,22-23,30H,16-19,21H2,1-3H3/t30-/m0/s1. The fraction of sp³-hybridized carbons (Fsp3) is 0.367. The lowest BCUT2D eigenvalue weighted by Crippen LogP contribution is -2.46. The maximum Gasteiger partial charge on any atom is 0.119 e. The Hall–Kier alpha value is -2.80. The zero-order chi connectivity index (χ0) is 23.9. The smallest absolute Gasteiger partial charge is 0.119 e. The molecule has 1 atom stereocenters. The molecule has 0 bridgehead atoms. The molecule has 3 nitrogen and oxygen atoms in total. The summed E-state index contributed by atoms with van der Waals surface area (Å²) in [5, 5.41) is 0.729. The first kappa shape index (κ1) is 24.3. The third kappa shape index (κ3) is 6.63. The van der Waals surface area contributed by atoms with E-state index < -0.39 is 0 Å². The Balaban J connectivity index is 1.33. The molecular weight excluding hydrogens is 440 g/mol. The Labute approximate surface area is 209 Å². The van der Waals surface area contributed by atoms with Gasteiger partial charge in [0.25, 0.3) is 0 Å². The van der Waals surface area contributed by atoms with Gasteiger partial charge in [-0.15, -0.1) is 0 Å². The van der Waals surface area contributed by atoms with Gasteiger partial charge < -0.3 is 4.74 Å². The SMILES string of the molecule is CC1CCN([C@@H](COc2ccc(C#Cc3ccc(-c4ccc(Cl)cc4)cn3)cc2)C(C)C)CC1. The Morgan fingerprint density at radius 3 is 2.24 bits per heavy atom. The van der Waals surface area contributed by atoms with Crippen LogP contribution < -0.4 is 4.74 Å². The molecule has 1 aliphatic heterocycles. The maximum absolute atomic E-state index is 6.18. The van der Waals surface area contributed by atoms with Crippen molar-refractivity contribution in [3.05, 3.63) is 83.1 Å². The van der Waals surface area contributed by atoms with Crippen molar-refractivity contribution in [2.24, 2.45) is 11.8 Å². The van der Waals surface area contributed by atoms with Crippen LogP contribution in [0, 0.1) is 23.7 Å². The second-order valence-corrected chi connectivity index (χ2v) is 9.99. The van der Waals surface area contributed by atoms with E-state index in [1.54, 1.807) is 0 Å². The summed E-state index contributed by atoms with van der Waals surface area (Å²) in [5.74, 6) is 8.66. The van der Waals surface area contributed by atoms with Crippen molar-refractivity contribution in [3.63, 3.8) is 0 Å². The highest BCUT2D eigenvalue weighted by atomic mass is 35.5. The quantitative estimate of drug-likeness (QED) is 0.363. The lowest BCUT2D eigenvalue weighted by molar-refractivity contribution is 0.0712. The van der Waals surface area contributed by atoms with Crippen molar-refractivity contribution in [1.29, 1.82) is 0 Å². The van der Waals surface area contributed by atoms with E-state index >= 15 is 0 Å². The van der Waals surface area contributed by atoms with Crippen LogP contribution in [0.3, 0.4) is 0 Å². The van der Waals surface area contributed by atoms with Crippen LogP contribution in [0.25, 0.3) is 11.1 Å². The molecule has 1 fully saturated rings. The normalized spacial score (nSPS) is 15.6. The molecule has 1 saturated heterocycles. The van der Waals surface area contributed by atoms with E-state index in [1.165, 1.54) is 25.9 Å². The fourth-order valence-electron chi connectivity index (χ4n) is 4.31. The van der Waals surface area contributed by atoms with E-state index in [9.17, 15) is 0 Å². The number of pyridine rings is 1. The van der Waals surface area contributed by atoms with Gasteiger partial charge in [-0.3, -0.25) is 4.90 Å². The number of ether oxygens (including phenoxy) is 1. The Morgan fingerprint density at radius 1 is 0.941 bits per heavy atom. The van der Waals surface area contributed by atoms with Crippen molar-refractivity contribution >= 4 is 11.6 Å². The summed E-state index contributed by atoms with van der Waals surface area (Å²) >= 11 is 5.97. The highest BCUT2D eigenvalue weighted by molar-refractivity contribution is 6.30. The minimum absolute atomic E-state index is 0.453. The van der Waals surface area contributed by atoms with Crippen molar-refractivity contribution in [1.82, 2.24) is 9.88 Å². The third-order valence-electron chi connectivity index (χ3n) is 6.61. The van der Waals surface area contributed by atoms with Crippen LogP contribution in [0.15, 0.2) is 66.9 Å². The molecule has 0 N–H and O–H groups in total. The highest BCUT2D eigenvalue weighted by Gasteiger charge is 2.26. The molecular formula is C30H33ClN2O. The number of nitrogens with zero attached hydrogens (tertiary/aromatic N) is 2. The Kier molecular flexibility index (Phi) is 8.27. The van der Waals surface area contributed by atoms with Gasteiger partial charge in [0.15, 0.2) is 0 Å². The first-order valence-electron chi connectivity index (χ1n) is 12.2. The first-order chi connectivity index (χ1) is 16.5. The number of hydrogen-bond donors (Lipinski definition) is 0. The monoisotopic (exact) mass is 472 g/mol. The van der Waals surface area contributed by atoms with Gasteiger partial charge in [0, 0.05) is 28.4 Å². The van der Waals surface area contributed by atoms with Crippen LogP contribution in [0.1, 0.15) is 44.9 Å². The van der Waals surface area contributed by atoms with Crippen LogP contribution in [0.2, 0.25) is 5.02 Å². The molecule has 34 heavy (non-hydrogen) atoms. The average Bonchev–Trinajstić information content (AvgIpc) is 2.85. The number of halogens is 1. The van der Waals surface area contributed by atoms with E-state index in [2.05, 4.69) is 42.5 Å². The van der Waals surface area contributed by atoms with Gasteiger partial charge in [0.2, 0.25) is 0 Å². The summed E-state index contributed by atoms with van der Waals surface area (Å²) in [6, 6.07) is 20.2. The molecule has 2 heterocycles. The summed E-state index contributed by atoms with van der Waals surface area (Å²) in [6.45, 7) is 10.0. The molecule has 0 unspecified atom stereocenters. The van der Waals surface area contributed by atoms with Crippen LogP contribution in [0.5, 0.6) is 5.75 Å². The molecule has 4 rings (SSSR count). The Bertz CT molecular complexity index is 1100. The summed E-state index contributed by atoms with van der Waals surface area (Å²) < 4.78 is 6.18. The topological polar surface area (TPSA) is 25.4 Å². The van der Waals surface area contributed by atoms with E-state index in [-0.39, 0.29) is 0 Å². The van der Waals surface area contributed by atoms with Crippen molar-refractivity contribution in [2.75, 3.05) is 19.7 Å². The second-order valence-electron chi connectivity index (χ2n) is 9.55. The largest absolute Gasteiger partial charge is 0.492 e. The van der Waals surface area contributed by atoms with Gasteiger partial charge in [-0.1, -0.05) is 56.5 Å². The summed E-state index contributed by atoms with van der Waals surface area (Å²) in [5.41, 5.74) is 3.82. The predicted octanol–water partition coefficient (Wildman–Crippen LogP) is 6.94. The van der Waals surface area contributed by atoms with Crippen LogP contribution in [-0.4, -0.2) is 35.6 Å². The maximum atomic E-state index is 6.18. The van der Waals surface area contributed by atoms with Gasteiger partial charge in [0.1, 0.15) is 18.1 Å². The first-order valence-corrected chi connectivity index (χ1v) is 12.6. The minimum Gasteiger partial charge on any atom is -0.492 e. The number of aromatic nitrogens is 1. The van der Waals surface area contributed by atoms with Gasteiger partial charge in [0.05, 0.1) is 0 Å². The van der Waals surface area contributed by atoms with Crippen LogP contribution in [0.4, 0.5) is 0 Å². The number of benzene rings is 2. The molecule has 0 aliphatic carbocycles. The minimum atomic E-state index is 0.453. The van der Waals surface area contributed by atoms with E-state index in [4.69, 9.17) is 16.3 Å². The second kappa shape index (κ2) is 11.6. The van der Waals surface area contributed by atoms with E-state index in [0.29, 0.717) is 12.0 Å². The van der Waals surface area contributed by atoms with Gasteiger partial charge in [-0.25, -0.2) is 4.98 Å². The van der Waals surface area contributed by atoms with Crippen LogP contribution in [-0.2, 0) is 0 Å². The average molecular weight is 473 g/mol. The zero-order valence-electron chi connectivity index (χ0n) is 20.3. The molecule has 0 radical (unpaired) electrons. The number of likely N-dealkylation sites (tertiary alicyclic amines) is 1. The van der Waals surface area contributed by atoms with Crippen molar-refractivity contribution < 1.29 is 4.74 Å². The number of hydrogen-bond acceptors (Lipinski definition) is 3. The molecule has 2 aromatic carbocycles. The van der Waals surface area contributed by atoms with Gasteiger partial charge in [-0.2, -0.15) is 0 Å². The van der Waals surface area contributed by atoms with Gasteiger partial charge in [-0.05, 0) is 91.7 Å².